The van der Waals surface area contributed by atoms with Gasteiger partial charge >= 0.3 is 18.3 Å². The molecular formula is C8H10F8. The van der Waals surface area contributed by atoms with Gasteiger partial charge in [-0.1, -0.05) is 6.42 Å². The summed E-state index contributed by atoms with van der Waals surface area (Å²) in [5.74, 6) is -4.81. The molecule has 0 aromatic heterocycles. The molecule has 0 nitrogen and oxygen atoms in total. The van der Waals surface area contributed by atoms with Gasteiger partial charge in [0.05, 0.1) is 0 Å². The number of alkyl halides is 8. The van der Waals surface area contributed by atoms with E-state index < -0.39 is 44.0 Å². The predicted octanol–water partition coefficient (Wildman–Crippen LogP) is 4.70. The lowest BCUT2D eigenvalue weighted by molar-refractivity contribution is -0.284. The van der Waals surface area contributed by atoms with Crippen molar-refractivity contribution < 1.29 is 35.1 Å². The highest BCUT2D eigenvalue weighted by molar-refractivity contribution is 4.75. The van der Waals surface area contributed by atoms with E-state index in [1.54, 1.807) is 0 Å². The number of hydrogen-bond acceptors (Lipinski definition) is 0. The summed E-state index contributed by atoms with van der Waals surface area (Å²) in [6.07, 6.45) is -14.0. The Bertz CT molecular complexity index is 201. The summed E-state index contributed by atoms with van der Waals surface area (Å²) < 4.78 is 94.0. The molecule has 0 rings (SSSR count). The molecule has 0 radical (unpaired) electrons. The van der Waals surface area contributed by atoms with E-state index >= 15 is 0 Å². The first-order valence-electron chi connectivity index (χ1n) is 4.47. The number of unbranched alkanes of at least 4 members (excludes halogenated alkanes) is 2. The number of rotatable bonds is 5. The van der Waals surface area contributed by atoms with Gasteiger partial charge in [-0.05, 0) is 12.8 Å². The average Bonchev–Trinajstić information content (AvgIpc) is 1.98. The molecule has 0 amide bonds. The molecule has 16 heavy (non-hydrogen) atoms. The van der Waals surface area contributed by atoms with Gasteiger partial charge in [0.1, 0.15) is 0 Å². The Balaban J connectivity index is 3.75. The van der Waals surface area contributed by atoms with Crippen LogP contribution in [0.25, 0.3) is 0 Å². The lowest BCUT2D eigenvalue weighted by Gasteiger charge is -2.19. The summed E-state index contributed by atoms with van der Waals surface area (Å²) >= 11 is 0. The Morgan fingerprint density at radius 1 is 0.562 bits per heavy atom. The minimum atomic E-state index is -5.63. The first-order chi connectivity index (χ1) is 6.96. The van der Waals surface area contributed by atoms with Crippen molar-refractivity contribution in [3.63, 3.8) is 0 Å². The molecule has 0 aromatic carbocycles. The Kier molecular flexibility index (Phi) is 5.00. The SMILES string of the molecule is FC(F)(F)CCCCCC(F)(F)C(F)(F)F. The molecule has 98 valence electrons. The van der Waals surface area contributed by atoms with Crippen molar-refractivity contribution in [3.05, 3.63) is 0 Å². The Hall–Kier alpha value is -0.560. The van der Waals surface area contributed by atoms with Gasteiger partial charge in [-0.25, -0.2) is 0 Å². The minimum absolute atomic E-state index is 0.300. The molecule has 0 atom stereocenters. The molecule has 0 N–H and O–H groups in total. The second kappa shape index (κ2) is 5.18. The van der Waals surface area contributed by atoms with Crippen LogP contribution >= 0.6 is 0 Å². The Morgan fingerprint density at radius 3 is 1.38 bits per heavy atom. The maximum absolute atomic E-state index is 12.2. The average molecular weight is 258 g/mol. The van der Waals surface area contributed by atoms with E-state index in [2.05, 4.69) is 0 Å². The van der Waals surface area contributed by atoms with Crippen molar-refractivity contribution in [3.8, 4) is 0 Å². The third-order valence-corrected chi connectivity index (χ3v) is 1.87. The van der Waals surface area contributed by atoms with Gasteiger partial charge < -0.3 is 0 Å². The predicted molar refractivity (Wildman–Crippen MR) is 40.1 cm³/mol. The molecule has 0 unspecified atom stereocenters. The van der Waals surface area contributed by atoms with Crippen LogP contribution < -0.4 is 0 Å². The summed E-state index contributed by atoms with van der Waals surface area (Å²) in [5, 5.41) is 0. The summed E-state index contributed by atoms with van der Waals surface area (Å²) in [4.78, 5) is 0. The van der Waals surface area contributed by atoms with Crippen LogP contribution in [-0.4, -0.2) is 18.3 Å². The van der Waals surface area contributed by atoms with Crippen molar-refractivity contribution in [2.75, 3.05) is 0 Å². The van der Waals surface area contributed by atoms with Gasteiger partial charge in [0.2, 0.25) is 0 Å². The largest absolute Gasteiger partial charge is 0.453 e. The van der Waals surface area contributed by atoms with E-state index in [1.165, 1.54) is 0 Å². The van der Waals surface area contributed by atoms with Crippen LogP contribution in [0.4, 0.5) is 35.1 Å². The smallest absolute Gasteiger partial charge is 0.196 e. The standard InChI is InChI=1S/C8H10F8/c9-6(10,8(14,15)16)4-2-1-3-5-7(11,12)13/h1-5H2. The van der Waals surface area contributed by atoms with Crippen LogP contribution in [-0.2, 0) is 0 Å². The third-order valence-electron chi connectivity index (χ3n) is 1.87. The third kappa shape index (κ3) is 6.12. The lowest BCUT2D eigenvalue weighted by atomic mass is 10.1. The van der Waals surface area contributed by atoms with E-state index in [0.29, 0.717) is 0 Å². The summed E-state index contributed by atoms with van der Waals surface area (Å²) in [7, 11) is 0. The van der Waals surface area contributed by atoms with Crippen molar-refractivity contribution in [1.82, 2.24) is 0 Å². The number of halogens is 8. The zero-order valence-electron chi connectivity index (χ0n) is 8.06. The fraction of sp³-hybridized carbons (Fsp3) is 1.00. The molecule has 0 saturated carbocycles. The minimum Gasteiger partial charge on any atom is -0.196 e. The van der Waals surface area contributed by atoms with Gasteiger partial charge in [0.15, 0.2) is 0 Å². The molecule has 0 aromatic rings. The molecule has 0 fully saturated rings. The van der Waals surface area contributed by atoms with Crippen LogP contribution in [0.5, 0.6) is 0 Å². The molecule has 0 heterocycles. The van der Waals surface area contributed by atoms with Crippen molar-refractivity contribution in [2.45, 2.75) is 50.4 Å². The van der Waals surface area contributed by atoms with Gasteiger partial charge in [0, 0.05) is 12.8 Å². The second-order valence-electron chi connectivity index (χ2n) is 3.38. The van der Waals surface area contributed by atoms with Gasteiger partial charge in [-0.2, -0.15) is 35.1 Å². The fourth-order valence-electron chi connectivity index (χ4n) is 0.991. The van der Waals surface area contributed by atoms with Crippen LogP contribution in [0.1, 0.15) is 32.1 Å². The first-order valence-corrected chi connectivity index (χ1v) is 4.47. The maximum Gasteiger partial charge on any atom is 0.453 e. The molecule has 0 aliphatic rings. The summed E-state index contributed by atoms with van der Waals surface area (Å²) in [6, 6.07) is 0. The highest BCUT2D eigenvalue weighted by atomic mass is 19.4. The van der Waals surface area contributed by atoms with Crippen LogP contribution in [0.3, 0.4) is 0 Å². The van der Waals surface area contributed by atoms with E-state index in [4.69, 9.17) is 0 Å². The van der Waals surface area contributed by atoms with E-state index in [-0.39, 0.29) is 6.42 Å². The van der Waals surface area contributed by atoms with Crippen molar-refractivity contribution in [2.24, 2.45) is 0 Å². The Labute approximate surface area is 86.6 Å². The molecule has 0 aliphatic carbocycles. The van der Waals surface area contributed by atoms with Crippen molar-refractivity contribution >= 4 is 0 Å². The van der Waals surface area contributed by atoms with Crippen LogP contribution in [0.15, 0.2) is 0 Å². The lowest BCUT2D eigenvalue weighted by Crippen LogP contribution is -2.36. The fourth-order valence-corrected chi connectivity index (χ4v) is 0.991. The highest BCUT2D eigenvalue weighted by Gasteiger charge is 2.56. The molecule has 0 saturated heterocycles. The zero-order valence-corrected chi connectivity index (χ0v) is 8.06. The topological polar surface area (TPSA) is 0 Å². The second-order valence-corrected chi connectivity index (χ2v) is 3.38. The highest BCUT2D eigenvalue weighted by Crippen LogP contribution is 2.39. The molecule has 0 aliphatic heterocycles. The van der Waals surface area contributed by atoms with E-state index in [0.717, 1.165) is 0 Å². The zero-order chi connectivity index (χ0) is 13.0. The summed E-state index contributed by atoms with van der Waals surface area (Å²) in [5.41, 5.74) is 0. The molecule has 0 bridgehead atoms. The molecule has 8 heteroatoms. The van der Waals surface area contributed by atoms with E-state index in [1.807, 2.05) is 0 Å². The van der Waals surface area contributed by atoms with Crippen molar-refractivity contribution in [1.29, 1.82) is 0 Å². The normalized spacial score (nSPS) is 14.2. The van der Waals surface area contributed by atoms with Gasteiger partial charge in [-0.3, -0.25) is 0 Å². The summed E-state index contributed by atoms with van der Waals surface area (Å²) in [6.45, 7) is 0. The Morgan fingerprint density at radius 2 is 1.00 bits per heavy atom. The van der Waals surface area contributed by atoms with Crippen LogP contribution in [0, 0.1) is 0 Å². The van der Waals surface area contributed by atoms with Gasteiger partial charge in [-0.15, -0.1) is 0 Å². The maximum atomic E-state index is 12.2. The van der Waals surface area contributed by atoms with E-state index in [9.17, 15) is 35.1 Å². The number of hydrogen-bond donors (Lipinski definition) is 0. The monoisotopic (exact) mass is 258 g/mol. The van der Waals surface area contributed by atoms with Gasteiger partial charge in [0.25, 0.3) is 0 Å². The molecule has 0 spiro atoms. The quantitative estimate of drug-likeness (QED) is 0.495. The van der Waals surface area contributed by atoms with Crippen LogP contribution in [0.2, 0.25) is 0 Å². The first kappa shape index (κ1) is 15.4. The molecular weight excluding hydrogens is 248 g/mol.